The first-order valence-electron chi connectivity index (χ1n) is 6.94. The van der Waals surface area contributed by atoms with Crippen molar-refractivity contribution in [2.24, 2.45) is 0 Å². The lowest BCUT2D eigenvalue weighted by molar-refractivity contribution is -0.777. The molecule has 24 heavy (non-hydrogen) atoms. The molecule has 13 heteroatoms. The number of rotatable bonds is 11. The van der Waals surface area contributed by atoms with Crippen molar-refractivity contribution in [2.75, 3.05) is 24.7 Å². The summed E-state index contributed by atoms with van der Waals surface area (Å²) in [5.41, 5.74) is 0. The van der Waals surface area contributed by atoms with Gasteiger partial charge in [-0.05, 0) is 0 Å². The standard InChI is InChI=1S/C11H22O11S2/c12-1-5(14)10(18)11(20-23-22-21-19)7(16)4-24-3-6(15)9(17)8(24)2-13/h5-18H,1-4H2. The van der Waals surface area contributed by atoms with Gasteiger partial charge in [-0.1, -0.05) is 0 Å². The Balaban J connectivity index is 2.73. The van der Waals surface area contributed by atoms with E-state index in [0.29, 0.717) is 0 Å². The number of hydrogen-bond acceptors (Lipinski definition) is 12. The third-order valence-corrected chi connectivity index (χ3v) is 6.89. The normalized spacial score (nSPS) is 32.5. The molecule has 1 fully saturated rings. The van der Waals surface area contributed by atoms with Crippen LogP contribution in [0.1, 0.15) is 0 Å². The molecule has 0 amide bonds. The first-order chi connectivity index (χ1) is 11.4. The Kier molecular flexibility index (Phi) is 10.3. The second-order valence-corrected chi connectivity index (χ2v) is 8.03. The van der Waals surface area contributed by atoms with Crippen molar-refractivity contribution in [3.05, 3.63) is 0 Å². The zero-order chi connectivity index (χ0) is 18.3. The molecule has 1 aliphatic rings. The SMILES string of the molecule is [O-]OOSOC(C(O)C[S+]1CC(O)C(O)C1CO)C(O)C(O)CO. The van der Waals surface area contributed by atoms with Crippen LogP contribution in [0.4, 0.5) is 0 Å². The Labute approximate surface area is 145 Å². The fourth-order valence-electron chi connectivity index (χ4n) is 2.35. The molecule has 144 valence electrons. The van der Waals surface area contributed by atoms with Gasteiger partial charge >= 0.3 is 0 Å². The van der Waals surface area contributed by atoms with E-state index in [2.05, 4.69) is 9.37 Å². The molecule has 8 unspecified atom stereocenters. The van der Waals surface area contributed by atoms with Crippen molar-refractivity contribution < 1.29 is 54.6 Å². The zero-order valence-electron chi connectivity index (χ0n) is 12.4. The highest BCUT2D eigenvalue weighted by Crippen LogP contribution is 2.27. The van der Waals surface area contributed by atoms with Gasteiger partial charge in [-0.2, -0.15) is 0 Å². The molecular formula is C11H22O11S2. The van der Waals surface area contributed by atoms with Crippen LogP contribution in [0.5, 0.6) is 0 Å². The molecule has 1 rings (SSSR count). The average molecular weight is 394 g/mol. The van der Waals surface area contributed by atoms with Crippen LogP contribution in [0, 0.1) is 0 Å². The van der Waals surface area contributed by atoms with Crippen LogP contribution >= 0.6 is 12.3 Å². The lowest BCUT2D eigenvalue weighted by Crippen LogP contribution is -2.49. The van der Waals surface area contributed by atoms with Crippen molar-refractivity contribution in [2.45, 2.75) is 41.9 Å². The second-order valence-electron chi connectivity index (χ2n) is 5.22. The summed E-state index contributed by atoms with van der Waals surface area (Å²) in [4.78, 5) is 0. The van der Waals surface area contributed by atoms with E-state index in [1.165, 1.54) is 0 Å². The number of aliphatic hydroxyl groups is 7. The van der Waals surface area contributed by atoms with Gasteiger partial charge in [-0.3, -0.25) is 9.22 Å². The highest BCUT2D eigenvalue weighted by molar-refractivity contribution is 7.97. The predicted octanol–water partition coefficient (Wildman–Crippen LogP) is -5.05. The van der Waals surface area contributed by atoms with Gasteiger partial charge in [0.15, 0.2) is 17.6 Å². The lowest BCUT2D eigenvalue weighted by atomic mass is 10.0. The minimum Gasteiger partial charge on any atom is -0.691 e. The van der Waals surface area contributed by atoms with Crippen molar-refractivity contribution >= 4 is 23.2 Å². The third kappa shape index (κ3) is 5.91. The fraction of sp³-hybridized carbons (Fsp3) is 1.00. The Morgan fingerprint density at radius 1 is 1.17 bits per heavy atom. The summed E-state index contributed by atoms with van der Waals surface area (Å²) < 4.78 is 8.76. The van der Waals surface area contributed by atoms with Crippen molar-refractivity contribution in [3.8, 4) is 0 Å². The largest absolute Gasteiger partial charge is 0.691 e. The van der Waals surface area contributed by atoms with E-state index in [4.69, 9.17) is 9.29 Å². The van der Waals surface area contributed by atoms with Gasteiger partial charge in [-0.15, -0.1) is 4.33 Å². The fourth-order valence-corrected chi connectivity index (χ4v) is 5.42. The van der Waals surface area contributed by atoms with Crippen LogP contribution in [-0.4, -0.2) is 102 Å². The molecule has 11 nitrogen and oxygen atoms in total. The minimum atomic E-state index is -1.72. The van der Waals surface area contributed by atoms with Gasteiger partial charge in [0.25, 0.3) is 0 Å². The van der Waals surface area contributed by atoms with E-state index in [1.54, 1.807) is 0 Å². The Morgan fingerprint density at radius 3 is 2.38 bits per heavy atom. The first kappa shape index (κ1) is 22.3. The topological polar surface area (TPSA) is 192 Å². The summed E-state index contributed by atoms with van der Waals surface area (Å²) >= 11 is 0.0189. The highest BCUT2D eigenvalue weighted by atomic mass is 32.2. The van der Waals surface area contributed by atoms with Crippen LogP contribution < -0.4 is 5.26 Å². The van der Waals surface area contributed by atoms with Gasteiger partial charge in [0.2, 0.25) is 0 Å². The first-order valence-corrected chi connectivity index (χ1v) is 9.23. The Hall–Kier alpha value is 0.260. The maximum atomic E-state index is 10.3. The molecule has 8 atom stereocenters. The molecule has 0 radical (unpaired) electrons. The number of hydrogen-bond donors (Lipinski definition) is 7. The molecular weight excluding hydrogens is 372 g/mol. The van der Waals surface area contributed by atoms with Gasteiger partial charge in [0.1, 0.15) is 48.1 Å². The molecule has 0 aromatic rings. The molecule has 1 saturated heterocycles. The van der Waals surface area contributed by atoms with E-state index >= 15 is 0 Å². The molecule has 1 aliphatic heterocycles. The molecule has 0 bridgehead atoms. The molecule has 1 heterocycles. The average Bonchev–Trinajstić information content (AvgIpc) is 2.83. The third-order valence-electron chi connectivity index (χ3n) is 3.66. The summed E-state index contributed by atoms with van der Waals surface area (Å²) in [6, 6.07) is 0. The van der Waals surface area contributed by atoms with E-state index in [9.17, 15) is 35.9 Å². The molecule has 0 aromatic carbocycles. The monoisotopic (exact) mass is 394 g/mol. The predicted molar refractivity (Wildman–Crippen MR) is 79.7 cm³/mol. The second kappa shape index (κ2) is 11.1. The van der Waals surface area contributed by atoms with Gasteiger partial charge in [-0.25, -0.2) is 0 Å². The van der Waals surface area contributed by atoms with Gasteiger partial charge in [0.05, 0.1) is 13.2 Å². The molecule has 0 saturated carbocycles. The van der Waals surface area contributed by atoms with Crippen molar-refractivity contribution in [1.82, 2.24) is 0 Å². The molecule has 0 aromatic heterocycles. The lowest BCUT2D eigenvalue weighted by Gasteiger charge is -2.28. The quantitative estimate of drug-likeness (QED) is 0.0581. The number of aliphatic hydroxyl groups excluding tert-OH is 7. The maximum absolute atomic E-state index is 10.3. The Bertz CT molecular complexity index is 352. The minimum absolute atomic E-state index is 0.0189. The van der Waals surface area contributed by atoms with Crippen LogP contribution in [-0.2, 0) is 24.5 Å². The maximum Gasteiger partial charge on any atom is 0.194 e. The summed E-state index contributed by atoms with van der Waals surface area (Å²) in [5, 5.41) is 79.5. The zero-order valence-corrected chi connectivity index (χ0v) is 14.1. The smallest absolute Gasteiger partial charge is 0.194 e. The van der Waals surface area contributed by atoms with Gasteiger partial charge < -0.3 is 41.0 Å². The van der Waals surface area contributed by atoms with Crippen molar-refractivity contribution in [1.29, 1.82) is 0 Å². The summed E-state index contributed by atoms with van der Waals surface area (Å²) in [7, 11) is -0.793. The van der Waals surface area contributed by atoms with E-state index < -0.39 is 66.0 Å². The van der Waals surface area contributed by atoms with Crippen molar-refractivity contribution in [3.63, 3.8) is 0 Å². The van der Waals surface area contributed by atoms with E-state index in [-0.39, 0.29) is 23.8 Å². The van der Waals surface area contributed by atoms with Crippen LogP contribution in [0.25, 0.3) is 0 Å². The molecule has 0 aliphatic carbocycles. The highest BCUT2D eigenvalue weighted by Gasteiger charge is 2.51. The van der Waals surface area contributed by atoms with E-state index in [1.807, 2.05) is 0 Å². The van der Waals surface area contributed by atoms with E-state index in [0.717, 1.165) is 0 Å². The molecule has 7 N–H and O–H groups in total. The van der Waals surface area contributed by atoms with Crippen LogP contribution in [0.15, 0.2) is 0 Å². The molecule has 0 spiro atoms. The van der Waals surface area contributed by atoms with Crippen LogP contribution in [0.2, 0.25) is 0 Å². The summed E-state index contributed by atoms with van der Waals surface area (Å²) in [6.07, 6.45) is -8.43. The van der Waals surface area contributed by atoms with Crippen LogP contribution in [0.3, 0.4) is 0 Å². The summed E-state index contributed by atoms with van der Waals surface area (Å²) in [6.45, 7) is -1.21. The summed E-state index contributed by atoms with van der Waals surface area (Å²) in [5.74, 6) is 0.0696. The Morgan fingerprint density at radius 2 is 1.83 bits per heavy atom. The van der Waals surface area contributed by atoms with Gasteiger partial charge in [0, 0.05) is 10.9 Å².